The molecule has 0 bridgehead atoms. The fraction of sp³-hybridized carbons (Fsp3) is 0.545. The lowest BCUT2D eigenvalue weighted by atomic mass is 10.2. The molecule has 0 saturated carbocycles. The minimum atomic E-state index is -0.158. The number of carbonyl (C=O) groups excluding carboxylic acids is 1. The molecule has 0 radical (unpaired) electrons. The Labute approximate surface area is 100 Å². The van der Waals surface area contributed by atoms with E-state index in [1.54, 1.807) is 16.8 Å². The Bertz CT molecular complexity index is 363. The summed E-state index contributed by atoms with van der Waals surface area (Å²) in [7, 11) is 0. The Kier molecular flexibility index (Phi) is 4.83. The molecule has 0 aliphatic carbocycles. The molecule has 0 aromatic carbocycles. The number of aliphatic hydroxyl groups excluding tert-OH is 1. The van der Waals surface area contributed by atoms with E-state index >= 15 is 0 Å². The molecule has 0 spiro atoms. The summed E-state index contributed by atoms with van der Waals surface area (Å²) in [6.45, 7) is 5.04. The van der Waals surface area contributed by atoms with Crippen molar-refractivity contribution in [2.24, 2.45) is 5.92 Å². The van der Waals surface area contributed by atoms with Crippen LogP contribution in [0.5, 0.6) is 0 Å². The molecule has 16 heavy (non-hydrogen) atoms. The molecule has 0 aliphatic heterocycles. The molecule has 0 fully saturated rings. The van der Waals surface area contributed by atoms with E-state index in [0.717, 1.165) is 0 Å². The number of amides is 1. The van der Waals surface area contributed by atoms with Gasteiger partial charge in [-0.05, 0) is 18.9 Å². The molecule has 1 atom stereocenters. The van der Waals surface area contributed by atoms with Gasteiger partial charge < -0.3 is 15.0 Å². The van der Waals surface area contributed by atoms with Gasteiger partial charge >= 0.3 is 0 Å². The van der Waals surface area contributed by atoms with E-state index < -0.39 is 0 Å². The Hall–Kier alpha value is -1.00. The van der Waals surface area contributed by atoms with Crippen molar-refractivity contribution in [2.45, 2.75) is 20.4 Å². The quantitative estimate of drug-likeness (QED) is 0.825. The summed E-state index contributed by atoms with van der Waals surface area (Å²) in [6, 6.07) is 1.64. The van der Waals surface area contributed by atoms with Gasteiger partial charge in [0.2, 0.25) is 0 Å². The molecule has 4 nitrogen and oxygen atoms in total. The van der Waals surface area contributed by atoms with Crippen LogP contribution in [0.15, 0.2) is 12.3 Å². The molecule has 90 valence electrons. The number of aliphatic hydroxyl groups is 1. The number of rotatable bonds is 5. The van der Waals surface area contributed by atoms with Gasteiger partial charge in [-0.2, -0.15) is 0 Å². The maximum atomic E-state index is 11.8. The summed E-state index contributed by atoms with van der Waals surface area (Å²) in [6.07, 6.45) is 1.73. The number of halogens is 1. The number of nitrogens with zero attached hydrogens (tertiary/aromatic N) is 1. The van der Waals surface area contributed by atoms with Crippen LogP contribution in [-0.4, -0.2) is 28.7 Å². The minimum Gasteiger partial charge on any atom is -0.396 e. The Balaban J connectivity index is 2.65. The average molecular weight is 245 g/mol. The number of carbonyl (C=O) groups is 1. The molecule has 1 rings (SSSR count). The normalized spacial score (nSPS) is 12.5. The zero-order valence-corrected chi connectivity index (χ0v) is 10.3. The van der Waals surface area contributed by atoms with E-state index in [1.807, 2.05) is 13.8 Å². The number of hydrogen-bond acceptors (Lipinski definition) is 2. The van der Waals surface area contributed by atoms with Crippen LogP contribution < -0.4 is 5.32 Å². The summed E-state index contributed by atoms with van der Waals surface area (Å²) in [5, 5.41) is 12.2. The van der Waals surface area contributed by atoms with Crippen LogP contribution in [0, 0.1) is 5.92 Å². The number of aromatic nitrogens is 1. The first-order valence-electron chi connectivity index (χ1n) is 5.33. The summed E-state index contributed by atoms with van der Waals surface area (Å²) < 4.78 is 1.79. The highest BCUT2D eigenvalue weighted by atomic mass is 35.5. The van der Waals surface area contributed by atoms with Crippen molar-refractivity contribution in [3.63, 3.8) is 0 Å². The highest BCUT2D eigenvalue weighted by Crippen LogP contribution is 2.14. The summed E-state index contributed by atoms with van der Waals surface area (Å²) in [4.78, 5) is 11.8. The van der Waals surface area contributed by atoms with Crippen molar-refractivity contribution in [3.8, 4) is 0 Å². The number of hydrogen-bond donors (Lipinski definition) is 2. The lowest BCUT2D eigenvalue weighted by Crippen LogP contribution is -2.30. The van der Waals surface area contributed by atoms with Gasteiger partial charge in [-0.3, -0.25) is 4.79 Å². The lowest BCUT2D eigenvalue weighted by Gasteiger charge is -2.10. The first-order chi connectivity index (χ1) is 7.58. The van der Waals surface area contributed by atoms with Crippen molar-refractivity contribution < 1.29 is 9.90 Å². The van der Waals surface area contributed by atoms with Crippen LogP contribution in [0.1, 0.15) is 24.3 Å². The van der Waals surface area contributed by atoms with Gasteiger partial charge in [-0.25, -0.2) is 0 Å². The van der Waals surface area contributed by atoms with E-state index in [9.17, 15) is 4.79 Å². The third-order valence-corrected chi connectivity index (χ3v) is 2.57. The smallest absolute Gasteiger partial charge is 0.267 e. The van der Waals surface area contributed by atoms with Crippen LogP contribution in [-0.2, 0) is 6.54 Å². The third-order valence-electron chi connectivity index (χ3n) is 2.36. The molecule has 5 heteroatoms. The van der Waals surface area contributed by atoms with Gasteiger partial charge in [0.1, 0.15) is 5.69 Å². The minimum absolute atomic E-state index is 0.0597. The molecule has 0 saturated heterocycles. The third kappa shape index (κ3) is 3.25. The van der Waals surface area contributed by atoms with Gasteiger partial charge in [0, 0.05) is 25.9 Å². The lowest BCUT2D eigenvalue weighted by molar-refractivity contribution is 0.0933. The zero-order chi connectivity index (χ0) is 12.1. The molecule has 1 amide bonds. The van der Waals surface area contributed by atoms with Crippen LogP contribution in [0.25, 0.3) is 0 Å². The standard InChI is InChI=1S/C11H17ClN2O2/c1-3-14-6-9(12)4-10(14)11(16)13-5-8(2)7-15/h4,6,8,15H,3,5,7H2,1-2H3,(H,13,16). The van der Waals surface area contributed by atoms with Crippen molar-refractivity contribution in [3.05, 3.63) is 23.0 Å². The number of aryl methyl sites for hydroxylation is 1. The average Bonchev–Trinajstić information content (AvgIpc) is 2.66. The molecular formula is C11H17ClN2O2. The topological polar surface area (TPSA) is 54.3 Å². The Morgan fingerprint density at radius 2 is 2.38 bits per heavy atom. The maximum absolute atomic E-state index is 11.8. The Morgan fingerprint density at radius 1 is 1.69 bits per heavy atom. The first kappa shape index (κ1) is 13.1. The van der Waals surface area contributed by atoms with E-state index in [0.29, 0.717) is 23.8 Å². The second-order valence-corrected chi connectivity index (χ2v) is 4.26. The highest BCUT2D eigenvalue weighted by Gasteiger charge is 2.12. The largest absolute Gasteiger partial charge is 0.396 e. The molecule has 1 unspecified atom stereocenters. The number of nitrogens with one attached hydrogen (secondary N) is 1. The second kappa shape index (κ2) is 5.92. The molecule has 2 N–H and O–H groups in total. The van der Waals surface area contributed by atoms with Crippen LogP contribution >= 0.6 is 11.6 Å². The van der Waals surface area contributed by atoms with Crippen molar-refractivity contribution in [1.29, 1.82) is 0 Å². The van der Waals surface area contributed by atoms with Crippen molar-refractivity contribution >= 4 is 17.5 Å². The Morgan fingerprint density at radius 3 is 2.94 bits per heavy atom. The summed E-state index contributed by atoms with van der Waals surface area (Å²) >= 11 is 5.84. The fourth-order valence-electron chi connectivity index (χ4n) is 1.35. The molecule has 0 aliphatic rings. The summed E-state index contributed by atoms with van der Waals surface area (Å²) in [5.41, 5.74) is 0.553. The van der Waals surface area contributed by atoms with Gasteiger partial charge in [0.05, 0.1) is 5.02 Å². The van der Waals surface area contributed by atoms with Crippen molar-refractivity contribution in [1.82, 2.24) is 9.88 Å². The monoisotopic (exact) mass is 244 g/mol. The van der Waals surface area contributed by atoms with Gasteiger partial charge in [-0.15, -0.1) is 0 Å². The van der Waals surface area contributed by atoms with E-state index in [2.05, 4.69) is 5.32 Å². The SMILES string of the molecule is CCn1cc(Cl)cc1C(=O)NCC(C)CO. The van der Waals surface area contributed by atoms with E-state index in [-0.39, 0.29) is 18.4 Å². The first-order valence-corrected chi connectivity index (χ1v) is 5.71. The van der Waals surface area contributed by atoms with Crippen LogP contribution in [0.4, 0.5) is 0 Å². The van der Waals surface area contributed by atoms with Gasteiger partial charge in [0.15, 0.2) is 0 Å². The fourth-order valence-corrected chi connectivity index (χ4v) is 1.57. The maximum Gasteiger partial charge on any atom is 0.267 e. The van der Waals surface area contributed by atoms with Crippen LogP contribution in [0.2, 0.25) is 5.02 Å². The highest BCUT2D eigenvalue weighted by molar-refractivity contribution is 6.31. The molecular weight excluding hydrogens is 228 g/mol. The van der Waals surface area contributed by atoms with E-state index in [1.165, 1.54) is 0 Å². The molecule has 1 heterocycles. The predicted octanol–water partition coefficient (Wildman–Crippen LogP) is 1.52. The predicted molar refractivity (Wildman–Crippen MR) is 63.7 cm³/mol. The zero-order valence-electron chi connectivity index (χ0n) is 9.53. The van der Waals surface area contributed by atoms with Gasteiger partial charge in [-0.1, -0.05) is 18.5 Å². The molecule has 1 aromatic heterocycles. The van der Waals surface area contributed by atoms with Crippen molar-refractivity contribution in [2.75, 3.05) is 13.2 Å². The van der Waals surface area contributed by atoms with Crippen LogP contribution in [0.3, 0.4) is 0 Å². The van der Waals surface area contributed by atoms with E-state index in [4.69, 9.17) is 16.7 Å². The van der Waals surface area contributed by atoms with Gasteiger partial charge in [0.25, 0.3) is 5.91 Å². The summed E-state index contributed by atoms with van der Waals surface area (Å²) in [5.74, 6) is -0.0986. The molecule has 1 aromatic rings. The second-order valence-electron chi connectivity index (χ2n) is 3.83.